The summed E-state index contributed by atoms with van der Waals surface area (Å²) >= 11 is 0. The smallest absolute Gasteiger partial charge is 0.287 e. The molecule has 0 spiro atoms. The lowest BCUT2D eigenvalue weighted by Gasteiger charge is -2.15. The Balaban J connectivity index is 2.51. The maximum absolute atomic E-state index is 10.6. The molecule has 1 rings (SSSR count). The van der Waals surface area contributed by atoms with Gasteiger partial charge in [-0.15, -0.1) is 0 Å². The van der Waals surface area contributed by atoms with E-state index in [0.29, 0.717) is 0 Å². The van der Waals surface area contributed by atoms with Crippen LogP contribution in [0.5, 0.6) is 0 Å². The van der Waals surface area contributed by atoms with Crippen LogP contribution in [-0.4, -0.2) is 29.0 Å². The second-order valence-corrected chi connectivity index (χ2v) is 1.70. The number of carbonyl (C=O) groups excluding carboxylic acids is 1. The van der Waals surface area contributed by atoms with Gasteiger partial charge in [-0.3, -0.25) is 15.1 Å². The molecule has 5 heteroatoms. The number of aliphatic imine (C=N–C) groups is 1. The van der Waals surface area contributed by atoms with Crippen molar-refractivity contribution in [2.24, 2.45) is 4.99 Å². The number of hydrogen-bond donors (Lipinski definition) is 2. The third-order valence-corrected chi connectivity index (χ3v) is 1.05. The summed E-state index contributed by atoms with van der Waals surface area (Å²) in [6, 6.07) is -0.576. The molecule has 2 N–H and O–H groups in total. The molecule has 54 valence electrons. The molecular formula is C5H7N3O2. The second kappa shape index (κ2) is 2.98. The predicted octanol–water partition coefficient (Wildman–Crippen LogP) is -0.0572. The van der Waals surface area contributed by atoms with Crippen LogP contribution in [0.15, 0.2) is 17.3 Å². The van der Waals surface area contributed by atoms with E-state index in [4.69, 9.17) is 5.21 Å². The molecule has 0 aromatic carbocycles. The lowest BCUT2D eigenvalue weighted by atomic mass is 10.5. The molecule has 1 aliphatic rings. The zero-order valence-corrected chi connectivity index (χ0v) is 5.19. The first-order valence-electron chi connectivity index (χ1n) is 2.72. The first kappa shape index (κ1) is 6.76. The maximum Gasteiger partial charge on any atom is 0.346 e. The predicted molar refractivity (Wildman–Crippen MR) is 34.7 cm³/mol. The quantitative estimate of drug-likeness (QED) is 0.366. The summed E-state index contributed by atoms with van der Waals surface area (Å²) in [5.41, 5.74) is 1.50. The molecule has 0 saturated carbocycles. The van der Waals surface area contributed by atoms with Gasteiger partial charge in [0.05, 0.1) is 0 Å². The van der Waals surface area contributed by atoms with E-state index in [9.17, 15) is 4.79 Å². The lowest BCUT2D eigenvalue weighted by molar-refractivity contribution is 0.141. The summed E-state index contributed by atoms with van der Waals surface area (Å²) < 4.78 is 0. The van der Waals surface area contributed by atoms with Crippen LogP contribution in [0.3, 0.4) is 0 Å². The van der Waals surface area contributed by atoms with Crippen molar-refractivity contribution in [3.63, 3.8) is 0 Å². The Kier molecular flexibility index (Phi) is 2.01. The normalized spacial score (nSPS) is 15.5. The topological polar surface area (TPSA) is 64.9 Å². The molecule has 0 bridgehead atoms. The van der Waals surface area contributed by atoms with Crippen molar-refractivity contribution < 1.29 is 10.0 Å². The Labute approximate surface area is 57.6 Å². The van der Waals surface area contributed by atoms with Crippen molar-refractivity contribution >= 4 is 12.2 Å². The van der Waals surface area contributed by atoms with Gasteiger partial charge in [-0.1, -0.05) is 0 Å². The molecule has 0 fully saturated rings. The summed E-state index contributed by atoms with van der Waals surface area (Å²) in [5.74, 6) is 0. The van der Waals surface area contributed by atoms with Gasteiger partial charge < -0.3 is 0 Å². The zero-order chi connectivity index (χ0) is 7.40. The molecule has 10 heavy (non-hydrogen) atoms. The van der Waals surface area contributed by atoms with E-state index >= 15 is 0 Å². The first-order chi connectivity index (χ1) is 4.84. The van der Waals surface area contributed by atoms with Gasteiger partial charge in [0.2, 0.25) is 0 Å². The molecule has 0 aliphatic carbocycles. The maximum atomic E-state index is 10.6. The number of urea groups is 1. The van der Waals surface area contributed by atoms with Crippen LogP contribution in [0.4, 0.5) is 4.79 Å². The number of allylic oxidation sites excluding steroid dienone is 1. The van der Waals surface area contributed by atoms with Gasteiger partial charge in [-0.25, -0.2) is 10.3 Å². The molecule has 0 unspecified atom stereocenters. The van der Waals surface area contributed by atoms with E-state index in [2.05, 4.69) is 4.99 Å². The standard InChI is InChI=1S/C5H7N3O2/c9-5(7-10)8-3-1-2-6-4-8/h1-3,10H,4H2,(H,7,9). The minimum Gasteiger partial charge on any atom is -0.287 e. The van der Waals surface area contributed by atoms with Crippen molar-refractivity contribution in [2.75, 3.05) is 6.67 Å². The van der Waals surface area contributed by atoms with Crippen LogP contribution in [0.2, 0.25) is 0 Å². The van der Waals surface area contributed by atoms with Crippen molar-refractivity contribution in [3.8, 4) is 0 Å². The SMILES string of the molecule is O=C(NO)N1C=CC=NC1. The van der Waals surface area contributed by atoms with Gasteiger partial charge in [0.25, 0.3) is 0 Å². The second-order valence-electron chi connectivity index (χ2n) is 1.70. The first-order valence-corrected chi connectivity index (χ1v) is 2.72. The Bertz CT molecular complexity index is 187. The van der Waals surface area contributed by atoms with E-state index in [-0.39, 0.29) is 6.67 Å². The molecule has 0 aromatic heterocycles. The third kappa shape index (κ3) is 1.32. The number of hydroxylamine groups is 1. The molecule has 0 radical (unpaired) electrons. The molecule has 1 aliphatic heterocycles. The monoisotopic (exact) mass is 141 g/mol. The third-order valence-electron chi connectivity index (χ3n) is 1.05. The highest BCUT2D eigenvalue weighted by molar-refractivity contribution is 5.78. The van der Waals surface area contributed by atoms with Gasteiger partial charge in [0, 0.05) is 12.4 Å². The number of nitrogens with one attached hydrogen (secondary N) is 1. The number of nitrogens with zero attached hydrogens (tertiary/aromatic N) is 2. The largest absolute Gasteiger partial charge is 0.346 e. The summed E-state index contributed by atoms with van der Waals surface area (Å²) in [5, 5.41) is 8.16. The van der Waals surface area contributed by atoms with Crippen molar-refractivity contribution in [1.82, 2.24) is 10.4 Å². The fourth-order valence-electron chi connectivity index (χ4n) is 0.582. The molecule has 0 atom stereocenters. The molecule has 1 heterocycles. The van der Waals surface area contributed by atoms with Crippen LogP contribution in [0, 0.1) is 0 Å². The van der Waals surface area contributed by atoms with E-state index < -0.39 is 6.03 Å². The Hall–Kier alpha value is -1.36. The van der Waals surface area contributed by atoms with Crippen LogP contribution in [0.25, 0.3) is 0 Å². The van der Waals surface area contributed by atoms with Crippen LogP contribution in [-0.2, 0) is 0 Å². The molecule has 5 nitrogen and oxygen atoms in total. The highest BCUT2D eigenvalue weighted by atomic mass is 16.5. The van der Waals surface area contributed by atoms with E-state index in [1.165, 1.54) is 16.6 Å². The van der Waals surface area contributed by atoms with Crippen LogP contribution >= 0.6 is 0 Å². The summed E-state index contributed by atoms with van der Waals surface area (Å²) in [6.45, 7) is 0.253. The van der Waals surface area contributed by atoms with E-state index in [1.807, 2.05) is 0 Å². The molecule has 0 aromatic rings. The van der Waals surface area contributed by atoms with Gasteiger partial charge in [0.15, 0.2) is 0 Å². The number of amides is 2. The number of carbonyl (C=O) groups is 1. The van der Waals surface area contributed by atoms with Crippen LogP contribution < -0.4 is 5.48 Å². The average Bonchev–Trinajstić information content (AvgIpc) is 2.05. The minimum atomic E-state index is -0.576. The summed E-state index contributed by atoms with van der Waals surface area (Å²) in [4.78, 5) is 15.6. The Morgan fingerprint density at radius 3 is 3.10 bits per heavy atom. The summed E-state index contributed by atoms with van der Waals surface area (Å²) in [6.07, 6.45) is 4.72. The highest BCUT2D eigenvalue weighted by Crippen LogP contribution is 1.94. The minimum absolute atomic E-state index is 0.253. The highest BCUT2D eigenvalue weighted by Gasteiger charge is 2.08. The van der Waals surface area contributed by atoms with Crippen molar-refractivity contribution in [1.29, 1.82) is 0 Å². The zero-order valence-electron chi connectivity index (χ0n) is 5.19. The Morgan fingerprint density at radius 1 is 1.80 bits per heavy atom. The van der Waals surface area contributed by atoms with Crippen LogP contribution in [0.1, 0.15) is 0 Å². The molecular weight excluding hydrogens is 134 g/mol. The van der Waals surface area contributed by atoms with Crippen molar-refractivity contribution in [3.05, 3.63) is 12.3 Å². The fourth-order valence-corrected chi connectivity index (χ4v) is 0.582. The molecule has 0 saturated heterocycles. The summed E-state index contributed by atoms with van der Waals surface area (Å²) in [7, 11) is 0. The van der Waals surface area contributed by atoms with Gasteiger partial charge >= 0.3 is 6.03 Å². The van der Waals surface area contributed by atoms with Gasteiger partial charge in [-0.05, 0) is 6.08 Å². The number of rotatable bonds is 0. The lowest BCUT2D eigenvalue weighted by Crippen LogP contribution is -2.35. The fraction of sp³-hybridized carbons (Fsp3) is 0.200. The van der Waals surface area contributed by atoms with Gasteiger partial charge in [-0.2, -0.15) is 0 Å². The average molecular weight is 141 g/mol. The van der Waals surface area contributed by atoms with Crippen molar-refractivity contribution in [2.45, 2.75) is 0 Å². The Morgan fingerprint density at radius 2 is 2.60 bits per heavy atom. The number of hydrogen-bond acceptors (Lipinski definition) is 3. The van der Waals surface area contributed by atoms with E-state index in [0.717, 1.165) is 0 Å². The van der Waals surface area contributed by atoms with E-state index in [1.54, 1.807) is 12.3 Å². The van der Waals surface area contributed by atoms with Gasteiger partial charge in [0.1, 0.15) is 6.67 Å². The molecule has 2 amide bonds.